The van der Waals surface area contributed by atoms with E-state index in [-0.39, 0.29) is 30.7 Å². The van der Waals surface area contributed by atoms with Gasteiger partial charge in [0.05, 0.1) is 14.2 Å². The van der Waals surface area contributed by atoms with E-state index in [1.54, 1.807) is 14.2 Å². The minimum atomic E-state index is -1.08. The fourth-order valence-electron chi connectivity index (χ4n) is 11.6. The van der Waals surface area contributed by atoms with Crippen LogP contribution in [0.3, 0.4) is 0 Å². The van der Waals surface area contributed by atoms with Gasteiger partial charge < -0.3 is 24.8 Å². The van der Waals surface area contributed by atoms with E-state index in [9.17, 15) is 0 Å². The molecule has 10 aromatic rings. The van der Waals surface area contributed by atoms with E-state index in [2.05, 4.69) is 235 Å². The summed E-state index contributed by atoms with van der Waals surface area (Å²) in [6.07, 6.45) is 0. The molecular weight excluding hydrogens is 1170 g/mol. The maximum absolute atomic E-state index is 7.86. The summed E-state index contributed by atoms with van der Waals surface area (Å²) in [5.41, 5.74) is 32.1. The largest absolute Gasteiger partial charge is 1.00 e. The molecule has 0 saturated heterocycles. The predicted molar refractivity (Wildman–Crippen MR) is 346 cm³/mol. The number of benzene rings is 10. The molecule has 0 aliphatic carbocycles. The van der Waals surface area contributed by atoms with E-state index in [0.29, 0.717) is 8.58 Å². The molecule has 10 rings (SSSR count). The summed E-state index contributed by atoms with van der Waals surface area (Å²) in [7, 11) is 4.53. The van der Waals surface area contributed by atoms with Crippen molar-refractivity contribution in [1.29, 1.82) is 0 Å². The van der Waals surface area contributed by atoms with Crippen molar-refractivity contribution in [2.24, 2.45) is 17.4 Å². The second-order valence-corrected chi connectivity index (χ2v) is 25.9. The molecule has 9 heteroatoms. The normalized spacial score (nSPS) is 12.0. The molecule has 425 valence electrons. The molecule has 0 amide bonds. The first-order valence-corrected chi connectivity index (χ1v) is 30.4. The summed E-state index contributed by atoms with van der Waals surface area (Å²) in [5, 5.41) is 10.7. The Kier molecular flexibility index (Phi) is 22.6. The van der Waals surface area contributed by atoms with Crippen molar-refractivity contribution < 1.29 is 52.6 Å². The van der Waals surface area contributed by atoms with Crippen LogP contribution in [0.4, 0.5) is 0 Å². The summed E-state index contributed by atoms with van der Waals surface area (Å²) in [4.78, 5) is 0. The molecule has 0 aliphatic heterocycles. The number of aryl methyl sites for hydroxylation is 10. The first kappa shape index (κ1) is 65.5. The van der Waals surface area contributed by atoms with Crippen molar-refractivity contribution >= 4 is 64.1 Å². The molecule has 0 spiro atoms. The number of ether oxygens (including phenoxy) is 2. The minimum Gasteiger partial charge on any atom is -1.00 e. The summed E-state index contributed by atoms with van der Waals surface area (Å²) < 4.78 is 12.2. The summed E-state index contributed by atoms with van der Waals surface area (Å²) in [6, 6.07) is 65.3. The number of hydrogen-bond acceptors (Lipinski definition) is 4. The molecule has 82 heavy (non-hydrogen) atoms. The molecule has 0 aromatic heterocycles. The smallest absolute Gasteiger partial charge is 0.00992 e. The number of hydrogen-bond donors (Lipinski definition) is 2. The first-order valence-electron chi connectivity index (χ1n) is 27.6. The molecule has 0 saturated carbocycles. The van der Waals surface area contributed by atoms with Crippen molar-refractivity contribution in [2.75, 3.05) is 14.2 Å². The zero-order valence-electron chi connectivity index (χ0n) is 50.0. The van der Waals surface area contributed by atoms with Crippen LogP contribution in [0.25, 0.3) is 32.7 Å². The third-order valence-corrected chi connectivity index (χ3v) is 19.3. The van der Waals surface area contributed by atoms with Crippen molar-refractivity contribution in [1.82, 2.24) is 0 Å². The van der Waals surface area contributed by atoms with Gasteiger partial charge in [0.1, 0.15) is 0 Å². The molecule has 0 radical (unpaired) electrons. The summed E-state index contributed by atoms with van der Waals surface area (Å²) in [5.74, 6) is 1.53. The van der Waals surface area contributed by atoms with Gasteiger partial charge in [-0.3, -0.25) is 0 Å². The average Bonchev–Trinajstić information content (AvgIpc) is 2.39. The van der Waals surface area contributed by atoms with Gasteiger partial charge in [-0.1, -0.05) is 151 Å². The minimum absolute atomic E-state index is 0. The number of methoxy groups -OCH3 is 2. The van der Waals surface area contributed by atoms with Gasteiger partial charge in [0.2, 0.25) is 0 Å². The van der Waals surface area contributed by atoms with Crippen LogP contribution >= 0.6 is 17.2 Å². The van der Waals surface area contributed by atoms with Gasteiger partial charge in [0.15, 0.2) is 0 Å². The molecular formula is C73H79Cl2N2O2P2Ru. The van der Waals surface area contributed by atoms with Crippen molar-refractivity contribution in [2.45, 2.75) is 94.2 Å². The van der Waals surface area contributed by atoms with Crippen molar-refractivity contribution in [3.05, 3.63) is 254 Å². The molecule has 0 aliphatic rings. The third-order valence-electron chi connectivity index (χ3n) is 15.3. The van der Waals surface area contributed by atoms with Gasteiger partial charge >= 0.3 is 244 Å². The SMILES string of the molecule is COc1ccc(C(N)(c2ccc(OC)cc2)[C@@](N)(c2c(C)cc(C)cc2Pc2cc(C)cc(C)[c]2[Ru+2])C(C)C)cc1.Cc1cc(C)cc(Pc2cc(C)cc(C)c2)c1.Cc1ccc2c(-c3cccc4cc(C)ccc34)cccc2c1.[Cl-].[Cl-]. The Labute approximate surface area is 515 Å². The first-order chi connectivity index (χ1) is 38.1. The predicted octanol–water partition coefficient (Wildman–Crippen LogP) is 9.29. The molecule has 0 heterocycles. The number of fused-ring (bicyclic) bond motifs is 2. The Balaban J connectivity index is 0.000000220. The van der Waals surface area contributed by atoms with Gasteiger partial charge in [-0.15, -0.1) is 0 Å². The average molecular weight is 1250 g/mol. The van der Waals surface area contributed by atoms with Gasteiger partial charge in [0, 0.05) is 0 Å². The van der Waals surface area contributed by atoms with E-state index in [4.69, 9.17) is 20.9 Å². The quantitative estimate of drug-likeness (QED) is 0.0947. The second-order valence-electron chi connectivity index (χ2n) is 22.3. The van der Waals surface area contributed by atoms with Crippen LogP contribution < -0.4 is 71.1 Å². The fraction of sp³-hybridized carbons (Fsp3) is 0.233. The molecule has 10 aromatic carbocycles. The maximum atomic E-state index is 7.86. The van der Waals surface area contributed by atoms with Gasteiger partial charge in [-0.2, -0.15) is 0 Å². The molecule has 4 N–H and O–H groups in total. The van der Waals surface area contributed by atoms with Crippen LogP contribution in [0, 0.1) is 75.2 Å². The van der Waals surface area contributed by atoms with Crippen LogP contribution in [0.1, 0.15) is 86.2 Å². The molecule has 2 atom stereocenters. The van der Waals surface area contributed by atoms with Crippen LogP contribution in [0.15, 0.2) is 182 Å². The summed E-state index contributed by atoms with van der Waals surface area (Å²) >= 11 is 2.84. The molecule has 0 bridgehead atoms. The Hall–Kier alpha value is -5.70. The Bertz CT molecular complexity index is 3620. The molecule has 4 nitrogen and oxygen atoms in total. The number of rotatable bonds is 12. The van der Waals surface area contributed by atoms with Crippen LogP contribution in [0.5, 0.6) is 11.5 Å². The van der Waals surface area contributed by atoms with E-state index < -0.39 is 11.1 Å². The van der Waals surface area contributed by atoms with Crippen molar-refractivity contribution in [3.63, 3.8) is 0 Å². The standard InChI is InChI=1S/C35H42N2O2P.C22H18.C16H19P.2ClH.Ru/c1-22(2)34(36,33-26(6)18-25(5)21-32(33)40-31-19-23(3)17-24(4)20-31)35(37,27-9-13-29(38-7)14-10-27)28-11-15-30(39-8)16-12-28;1-15-9-11-19-17(13-15)5-3-7-21(19)22-8-4-6-18-14-16(2)10-12-20(18)22;1-11-5-12(2)8-15(7-11)17-16-9-13(3)6-14(4)10-16;;;/h9-19,21-22,40H,36-37H2,1-8H3;3-14H,1-2H3;5-10,17H,1-4H3;2*1H;/q;;;;;+2/p-2/t34-;;;;;/m0...../s1. The van der Waals surface area contributed by atoms with E-state index in [1.807, 2.05) is 48.5 Å². The van der Waals surface area contributed by atoms with Crippen LogP contribution in [-0.2, 0) is 29.4 Å². The number of halogens is 2. The van der Waals surface area contributed by atoms with Gasteiger partial charge in [-0.25, -0.2) is 0 Å². The number of nitrogens with two attached hydrogens (primary N) is 2. The maximum Gasteiger partial charge on any atom is -0.00992 e. The zero-order valence-corrected chi connectivity index (χ0v) is 55.2. The van der Waals surface area contributed by atoms with Gasteiger partial charge in [-0.05, 0) is 84.8 Å². The molecule has 1 unspecified atom stereocenters. The van der Waals surface area contributed by atoms with Crippen LogP contribution in [0.2, 0.25) is 0 Å². The van der Waals surface area contributed by atoms with E-state index in [1.165, 1.54) is 108 Å². The Morgan fingerprint density at radius 2 is 0.805 bits per heavy atom. The Morgan fingerprint density at radius 1 is 0.415 bits per heavy atom. The van der Waals surface area contributed by atoms with Gasteiger partial charge in [0.25, 0.3) is 0 Å². The molecule has 0 fully saturated rings. The second kappa shape index (κ2) is 28.3. The Morgan fingerprint density at radius 3 is 1.21 bits per heavy atom. The summed E-state index contributed by atoms with van der Waals surface area (Å²) in [6.45, 7) is 26.0. The zero-order chi connectivity index (χ0) is 57.6. The van der Waals surface area contributed by atoms with E-state index in [0.717, 1.165) is 42.3 Å². The topological polar surface area (TPSA) is 70.5 Å². The van der Waals surface area contributed by atoms with Crippen molar-refractivity contribution in [3.8, 4) is 22.6 Å². The fourth-order valence-corrected chi connectivity index (χ4v) is 15.5. The third kappa shape index (κ3) is 14.6. The van der Waals surface area contributed by atoms with Crippen LogP contribution in [-0.4, -0.2) is 14.2 Å². The van der Waals surface area contributed by atoms with E-state index >= 15 is 0 Å². The monoisotopic (exact) mass is 1250 g/mol.